The molecular weight excluding hydrogens is 378 g/mol. The Hall–Kier alpha value is -3.65. The average molecular weight is 401 g/mol. The number of benzene rings is 2. The van der Waals surface area contributed by atoms with Gasteiger partial charge in [0.25, 0.3) is 0 Å². The maximum absolute atomic E-state index is 7.54. The van der Waals surface area contributed by atoms with Gasteiger partial charge in [-0.05, 0) is 41.5 Å². The molecule has 0 saturated carbocycles. The van der Waals surface area contributed by atoms with Crippen LogP contribution in [0.5, 0.6) is 5.75 Å². The quantitative estimate of drug-likeness (QED) is 0.384. The van der Waals surface area contributed by atoms with Crippen molar-refractivity contribution >= 4 is 29.4 Å². The molecule has 1 aromatic heterocycles. The van der Waals surface area contributed by atoms with Crippen LogP contribution in [0.3, 0.4) is 0 Å². The van der Waals surface area contributed by atoms with Crippen molar-refractivity contribution in [1.29, 1.82) is 5.41 Å². The standard InChI is InChI=1S/C22H23N7O/c1-30-17-4-2-13-11-29(12-15(13)7-17)22-27-20-10-25-9-18(20)21(28-22)26-16-3-5-19(24)14(6-16)8-23/h2-8,23,25H,9-12,24H2,1H3,(H,26,27,28). The molecule has 5 rings (SSSR count). The van der Waals surface area contributed by atoms with Crippen LogP contribution >= 0.6 is 0 Å². The fourth-order valence-corrected chi connectivity index (χ4v) is 3.95. The van der Waals surface area contributed by atoms with Crippen molar-refractivity contribution in [2.24, 2.45) is 0 Å². The summed E-state index contributed by atoms with van der Waals surface area (Å²) in [7, 11) is 1.68. The van der Waals surface area contributed by atoms with Gasteiger partial charge in [-0.15, -0.1) is 0 Å². The summed E-state index contributed by atoms with van der Waals surface area (Å²) in [6.45, 7) is 2.96. The van der Waals surface area contributed by atoms with Gasteiger partial charge in [0.1, 0.15) is 11.6 Å². The van der Waals surface area contributed by atoms with Crippen molar-refractivity contribution in [3.05, 3.63) is 64.3 Å². The number of hydrogen-bond donors (Lipinski definition) is 4. The molecule has 152 valence electrons. The molecule has 0 aliphatic carbocycles. The number of ether oxygens (including phenoxy) is 1. The van der Waals surface area contributed by atoms with Gasteiger partial charge < -0.3 is 31.4 Å². The summed E-state index contributed by atoms with van der Waals surface area (Å²) >= 11 is 0. The summed E-state index contributed by atoms with van der Waals surface area (Å²) in [5, 5.41) is 14.3. The predicted octanol–water partition coefficient (Wildman–Crippen LogP) is 2.93. The van der Waals surface area contributed by atoms with Gasteiger partial charge in [0, 0.05) is 54.9 Å². The highest BCUT2D eigenvalue weighted by molar-refractivity contribution is 5.87. The number of aromatic nitrogens is 2. The van der Waals surface area contributed by atoms with Crippen LogP contribution in [-0.2, 0) is 26.2 Å². The van der Waals surface area contributed by atoms with Crippen molar-refractivity contribution in [2.45, 2.75) is 26.2 Å². The lowest BCUT2D eigenvalue weighted by molar-refractivity contribution is 0.414. The number of nitrogen functional groups attached to an aromatic ring is 1. The fourth-order valence-electron chi connectivity index (χ4n) is 3.95. The van der Waals surface area contributed by atoms with E-state index in [9.17, 15) is 0 Å². The number of hydrogen-bond acceptors (Lipinski definition) is 8. The molecule has 0 saturated heterocycles. The third-order valence-corrected chi connectivity index (χ3v) is 5.60. The minimum absolute atomic E-state index is 0.580. The zero-order chi connectivity index (χ0) is 20.7. The number of anilines is 4. The summed E-state index contributed by atoms with van der Waals surface area (Å²) < 4.78 is 5.36. The Morgan fingerprint density at radius 3 is 2.83 bits per heavy atom. The van der Waals surface area contributed by atoms with Gasteiger partial charge in [-0.1, -0.05) is 6.07 Å². The van der Waals surface area contributed by atoms with Gasteiger partial charge in [-0.25, -0.2) is 4.98 Å². The van der Waals surface area contributed by atoms with Crippen molar-refractivity contribution in [3.8, 4) is 5.75 Å². The number of rotatable bonds is 5. The Bertz CT molecular complexity index is 1140. The smallest absolute Gasteiger partial charge is 0.228 e. The van der Waals surface area contributed by atoms with E-state index in [1.165, 1.54) is 17.3 Å². The molecule has 0 unspecified atom stereocenters. The second-order valence-electron chi connectivity index (χ2n) is 7.50. The molecule has 0 fully saturated rings. The van der Waals surface area contributed by atoms with E-state index >= 15 is 0 Å². The maximum atomic E-state index is 7.54. The normalized spacial score (nSPS) is 14.4. The van der Waals surface area contributed by atoms with Crippen LogP contribution in [0.4, 0.5) is 23.1 Å². The molecule has 0 radical (unpaired) electrons. The molecular formula is C22H23N7O. The highest BCUT2D eigenvalue weighted by atomic mass is 16.5. The van der Waals surface area contributed by atoms with E-state index in [0.29, 0.717) is 17.2 Å². The monoisotopic (exact) mass is 401 g/mol. The minimum Gasteiger partial charge on any atom is -0.497 e. The van der Waals surface area contributed by atoms with E-state index in [-0.39, 0.29) is 0 Å². The van der Waals surface area contributed by atoms with Crippen LogP contribution in [0.25, 0.3) is 0 Å². The first-order valence-corrected chi connectivity index (χ1v) is 9.83. The minimum atomic E-state index is 0.580. The molecule has 2 aliphatic heterocycles. The van der Waals surface area contributed by atoms with Gasteiger partial charge in [0.15, 0.2) is 0 Å². The van der Waals surface area contributed by atoms with Crippen molar-refractivity contribution in [1.82, 2.24) is 15.3 Å². The Morgan fingerprint density at radius 2 is 2.00 bits per heavy atom. The molecule has 3 aromatic rings. The van der Waals surface area contributed by atoms with Gasteiger partial charge >= 0.3 is 0 Å². The molecule has 0 bridgehead atoms. The van der Waals surface area contributed by atoms with E-state index in [2.05, 4.69) is 27.7 Å². The number of nitrogens with two attached hydrogens (primary N) is 1. The van der Waals surface area contributed by atoms with Crippen LogP contribution in [0, 0.1) is 5.41 Å². The van der Waals surface area contributed by atoms with Crippen LogP contribution in [0.15, 0.2) is 36.4 Å². The SMILES string of the molecule is COc1ccc2c(c1)CN(c1nc3c(c(Nc4ccc(N)c(C=N)c4)n1)CNC3)C2. The predicted molar refractivity (Wildman–Crippen MR) is 117 cm³/mol. The molecule has 5 N–H and O–H groups in total. The van der Waals surface area contributed by atoms with Crippen molar-refractivity contribution in [2.75, 3.05) is 23.1 Å². The van der Waals surface area contributed by atoms with Gasteiger partial charge in [-0.2, -0.15) is 4.98 Å². The van der Waals surface area contributed by atoms with Gasteiger partial charge in [0.05, 0.1) is 12.8 Å². The number of methoxy groups -OCH3 is 1. The third kappa shape index (κ3) is 3.21. The molecule has 2 aliphatic rings. The van der Waals surface area contributed by atoms with Crippen molar-refractivity contribution in [3.63, 3.8) is 0 Å². The van der Waals surface area contributed by atoms with Gasteiger partial charge in [-0.3, -0.25) is 0 Å². The molecule has 2 aromatic carbocycles. The average Bonchev–Trinajstić information content (AvgIpc) is 3.41. The van der Waals surface area contributed by atoms with Gasteiger partial charge in [0.2, 0.25) is 5.95 Å². The molecule has 3 heterocycles. The zero-order valence-corrected chi connectivity index (χ0v) is 16.7. The summed E-state index contributed by atoms with van der Waals surface area (Å²) in [5.74, 6) is 2.36. The Kier molecular flexibility index (Phi) is 4.48. The second-order valence-corrected chi connectivity index (χ2v) is 7.50. The zero-order valence-electron chi connectivity index (χ0n) is 16.7. The molecule has 0 atom stereocenters. The number of nitrogens with one attached hydrogen (secondary N) is 3. The second kappa shape index (κ2) is 7.31. The molecule has 0 amide bonds. The highest BCUT2D eigenvalue weighted by Crippen LogP contribution is 2.32. The third-order valence-electron chi connectivity index (χ3n) is 5.60. The fraction of sp³-hybridized carbons (Fsp3) is 0.227. The first-order chi connectivity index (χ1) is 14.6. The molecule has 0 spiro atoms. The number of fused-ring (bicyclic) bond motifs is 2. The lowest BCUT2D eigenvalue weighted by Gasteiger charge is -2.19. The molecule has 8 nitrogen and oxygen atoms in total. The summed E-state index contributed by atoms with van der Waals surface area (Å²) in [5.41, 5.74) is 12.6. The Balaban J connectivity index is 1.47. The Labute approximate surface area is 174 Å². The summed E-state index contributed by atoms with van der Waals surface area (Å²) in [4.78, 5) is 11.9. The van der Waals surface area contributed by atoms with Crippen LogP contribution in [0.2, 0.25) is 0 Å². The first kappa shape index (κ1) is 18.4. The van der Waals surface area contributed by atoms with E-state index < -0.39 is 0 Å². The molecule has 8 heteroatoms. The van der Waals surface area contributed by atoms with Crippen LogP contribution in [0.1, 0.15) is 27.9 Å². The first-order valence-electron chi connectivity index (χ1n) is 9.83. The highest BCUT2D eigenvalue weighted by Gasteiger charge is 2.26. The van der Waals surface area contributed by atoms with E-state index in [0.717, 1.165) is 54.7 Å². The van der Waals surface area contributed by atoms with E-state index in [1.54, 1.807) is 13.2 Å². The van der Waals surface area contributed by atoms with E-state index in [4.69, 9.17) is 25.8 Å². The largest absolute Gasteiger partial charge is 0.497 e. The summed E-state index contributed by atoms with van der Waals surface area (Å²) in [6.07, 6.45) is 1.26. The Morgan fingerprint density at radius 1 is 1.13 bits per heavy atom. The molecule has 30 heavy (non-hydrogen) atoms. The lowest BCUT2D eigenvalue weighted by atomic mass is 10.1. The van der Waals surface area contributed by atoms with E-state index in [1.807, 2.05) is 18.2 Å². The van der Waals surface area contributed by atoms with Crippen LogP contribution in [-0.4, -0.2) is 23.3 Å². The van der Waals surface area contributed by atoms with Crippen LogP contribution < -0.4 is 26.0 Å². The topological polar surface area (TPSA) is 112 Å². The van der Waals surface area contributed by atoms with Crippen molar-refractivity contribution < 1.29 is 4.74 Å². The lowest BCUT2D eigenvalue weighted by Crippen LogP contribution is -2.19. The summed E-state index contributed by atoms with van der Waals surface area (Å²) in [6, 6.07) is 11.7. The number of nitrogens with zero attached hydrogens (tertiary/aromatic N) is 3. The maximum Gasteiger partial charge on any atom is 0.228 e.